The number of aryl methyl sites for hydroxylation is 1. The highest BCUT2D eigenvalue weighted by Crippen LogP contribution is 2.28. The van der Waals surface area contributed by atoms with Gasteiger partial charge in [-0.25, -0.2) is 8.42 Å². The van der Waals surface area contributed by atoms with Crippen LogP contribution >= 0.6 is 0 Å². The number of para-hydroxylation sites is 1. The Bertz CT molecular complexity index is 1510. The lowest BCUT2D eigenvalue weighted by atomic mass is 10.1. The van der Waals surface area contributed by atoms with E-state index in [9.17, 15) is 8.42 Å². The van der Waals surface area contributed by atoms with Crippen LogP contribution in [-0.4, -0.2) is 49.4 Å². The first-order valence-electron chi connectivity index (χ1n) is 12.6. The quantitative estimate of drug-likeness (QED) is 0.353. The summed E-state index contributed by atoms with van der Waals surface area (Å²) in [5.74, 6) is 0. The Morgan fingerprint density at radius 2 is 1.76 bits per heavy atom. The van der Waals surface area contributed by atoms with E-state index in [-0.39, 0.29) is 4.90 Å². The molecule has 0 unspecified atom stereocenters. The van der Waals surface area contributed by atoms with Crippen LogP contribution in [0.1, 0.15) is 23.1 Å². The van der Waals surface area contributed by atoms with E-state index in [4.69, 9.17) is 0 Å². The van der Waals surface area contributed by atoms with Gasteiger partial charge in [-0.3, -0.25) is 14.6 Å². The molecule has 0 spiro atoms. The third-order valence-corrected chi connectivity index (χ3v) is 8.31. The molecule has 7 heteroatoms. The Balaban J connectivity index is 1.28. The van der Waals surface area contributed by atoms with Crippen LogP contribution in [0.15, 0.2) is 96.5 Å². The molecule has 0 radical (unpaired) electrons. The van der Waals surface area contributed by atoms with Crippen molar-refractivity contribution in [2.24, 2.45) is 0 Å². The van der Waals surface area contributed by atoms with Crippen LogP contribution in [0.25, 0.3) is 16.6 Å². The molecule has 0 aliphatic carbocycles. The van der Waals surface area contributed by atoms with E-state index < -0.39 is 10.0 Å². The molecule has 1 aliphatic rings. The van der Waals surface area contributed by atoms with Gasteiger partial charge in [0.25, 0.3) is 10.0 Å². The molecule has 2 heterocycles. The summed E-state index contributed by atoms with van der Waals surface area (Å²) in [5.41, 5.74) is 5.16. The minimum atomic E-state index is -3.80. The smallest absolute Gasteiger partial charge is 0.264 e. The summed E-state index contributed by atoms with van der Waals surface area (Å²) in [6.07, 6.45) is 2.68. The summed E-state index contributed by atoms with van der Waals surface area (Å²) in [6, 6.07) is 25.2. The molecule has 1 aromatic heterocycles. The maximum Gasteiger partial charge on any atom is 0.264 e. The van der Waals surface area contributed by atoms with E-state index in [1.165, 1.54) is 5.56 Å². The van der Waals surface area contributed by atoms with Crippen molar-refractivity contribution in [3.8, 4) is 0 Å². The van der Waals surface area contributed by atoms with Crippen LogP contribution < -0.4 is 4.72 Å². The first kappa shape index (κ1) is 25.0. The highest BCUT2D eigenvalue weighted by atomic mass is 32.2. The third kappa shape index (κ3) is 5.68. The number of fused-ring (bicyclic) bond motifs is 1. The standard InChI is InChI=1S/C30H32N4O2S/c1-23-21-27(24(2)34-18-8-17-33(19-20-34)22-25-9-4-3-5-10-25)14-15-28(23)32-37(35,36)29-13-6-11-26-12-7-16-31-30(26)29/h3-7,9-16,21,32H,2,8,17-20,22H2,1H3. The Kier molecular flexibility index (Phi) is 7.26. The topological polar surface area (TPSA) is 65.5 Å². The van der Waals surface area contributed by atoms with Gasteiger partial charge in [0.1, 0.15) is 4.90 Å². The number of hydrogen-bond donors (Lipinski definition) is 1. The summed E-state index contributed by atoms with van der Waals surface area (Å²) in [6.45, 7) is 11.2. The van der Waals surface area contributed by atoms with E-state index in [1.807, 2.05) is 37.3 Å². The zero-order valence-corrected chi connectivity index (χ0v) is 21.9. The molecule has 190 valence electrons. The number of sulfonamides is 1. The SMILES string of the molecule is C=C(c1ccc(NS(=O)(=O)c2cccc3cccnc23)c(C)c1)N1CCCN(Cc2ccccc2)CC1. The molecule has 0 saturated carbocycles. The zero-order valence-electron chi connectivity index (χ0n) is 21.1. The number of nitrogens with one attached hydrogen (secondary N) is 1. The Morgan fingerprint density at radius 1 is 0.946 bits per heavy atom. The second-order valence-corrected chi connectivity index (χ2v) is 11.2. The Hall–Kier alpha value is -3.68. The van der Waals surface area contributed by atoms with Gasteiger partial charge in [0, 0.05) is 50.0 Å². The van der Waals surface area contributed by atoms with Crippen molar-refractivity contribution >= 4 is 32.3 Å². The molecule has 0 bridgehead atoms. The maximum atomic E-state index is 13.3. The number of hydrogen-bond acceptors (Lipinski definition) is 5. The molecule has 3 aromatic carbocycles. The molecular formula is C30H32N4O2S. The molecule has 37 heavy (non-hydrogen) atoms. The van der Waals surface area contributed by atoms with E-state index in [0.29, 0.717) is 11.2 Å². The van der Waals surface area contributed by atoms with Gasteiger partial charge in [-0.2, -0.15) is 0 Å². The largest absolute Gasteiger partial charge is 0.370 e. The van der Waals surface area contributed by atoms with Crippen molar-refractivity contribution in [3.63, 3.8) is 0 Å². The van der Waals surface area contributed by atoms with Crippen molar-refractivity contribution < 1.29 is 8.42 Å². The second-order valence-electron chi connectivity index (χ2n) is 9.52. The molecule has 1 aliphatic heterocycles. The van der Waals surface area contributed by atoms with Crippen LogP contribution in [0.3, 0.4) is 0 Å². The van der Waals surface area contributed by atoms with Crippen LogP contribution in [0.4, 0.5) is 5.69 Å². The number of anilines is 1. The van der Waals surface area contributed by atoms with E-state index in [1.54, 1.807) is 24.4 Å². The number of pyridine rings is 1. The summed E-state index contributed by atoms with van der Waals surface area (Å²) < 4.78 is 29.3. The van der Waals surface area contributed by atoms with E-state index >= 15 is 0 Å². The van der Waals surface area contributed by atoms with Crippen LogP contribution in [0, 0.1) is 6.92 Å². The van der Waals surface area contributed by atoms with Gasteiger partial charge in [-0.15, -0.1) is 0 Å². The molecule has 0 amide bonds. The highest BCUT2D eigenvalue weighted by molar-refractivity contribution is 7.93. The van der Waals surface area contributed by atoms with Gasteiger partial charge in [0.05, 0.1) is 11.2 Å². The van der Waals surface area contributed by atoms with Crippen molar-refractivity contribution in [1.82, 2.24) is 14.8 Å². The second kappa shape index (κ2) is 10.7. The van der Waals surface area contributed by atoms with Gasteiger partial charge < -0.3 is 4.90 Å². The monoisotopic (exact) mass is 512 g/mol. The van der Waals surface area contributed by atoms with E-state index in [2.05, 4.69) is 56.4 Å². The summed E-state index contributed by atoms with van der Waals surface area (Å²) in [5, 5.41) is 0.786. The number of rotatable bonds is 7. The van der Waals surface area contributed by atoms with E-state index in [0.717, 1.165) is 61.4 Å². The van der Waals surface area contributed by atoms with Crippen LogP contribution in [0.2, 0.25) is 0 Å². The molecule has 4 aromatic rings. The predicted molar refractivity (Wildman–Crippen MR) is 151 cm³/mol. The van der Waals surface area contributed by atoms with Gasteiger partial charge in [0.15, 0.2) is 0 Å². The fraction of sp³-hybridized carbons (Fsp3) is 0.233. The lowest BCUT2D eigenvalue weighted by Crippen LogP contribution is -2.29. The maximum absolute atomic E-state index is 13.3. The number of nitrogens with zero attached hydrogens (tertiary/aromatic N) is 3. The predicted octanol–water partition coefficient (Wildman–Crippen LogP) is 5.52. The number of aromatic nitrogens is 1. The van der Waals surface area contributed by atoms with Gasteiger partial charge in [-0.05, 0) is 54.3 Å². The highest BCUT2D eigenvalue weighted by Gasteiger charge is 2.21. The minimum Gasteiger partial charge on any atom is -0.370 e. The van der Waals surface area contributed by atoms with Gasteiger partial charge >= 0.3 is 0 Å². The Labute approximate surface area is 219 Å². The summed E-state index contributed by atoms with van der Waals surface area (Å²) >= 11 is 0. The zero-order chi connectivity index (χ0) is 25.8. The molecular weight excluding hydrogens is 480 g/mol. The van der Waals surface area contributed by atoms with Crippen molar-refractivity contribution in [2.75, 3.05) is 30.9 Å². The van der Waals surface area contributed by atoms with Crippen LogP contribution in [-0.2, 0) is 16.6 Å². The lowest BCUT2D eigenvalue weighted by molar-refractivity contribution is 0.276. The molecule has 0 atom stereocenters. The molecule has 1 fully saturated rings. The van der Waals surface area contributed by atoms with Gasteiger partial charge in [-0.1, -0.05) is 61.2 Å². The summed E-state index contributed by atoms with van der Waals surface area (Å²) in [7, 11) is -3.80. The van der Waals surface area contributed by atoms with Crippen LogP contribution in [0.5, 0.6) is 0 Å². The molecule has 1 saturated heterocycles. The molecule has 1 N–H and O–H groups in total. The average molecular weight is 513 g/mol. The fourth-order valence-electron chi connectivity index (χ4n) is 4.87. The minimum absolute atomic E-state index is 0.170. The van der Waals surface area contributed by atoms with Crippen molar-refractivity contribution in [2.45, 2.75) is 24.8 Å². The van der Waals surface area contributed by atoms with Crippen molar-refractivity contribution in [3.05, 3.63) is 108 Å². The molecule has 6 nitrogen and oxygen atoms in total. The lowest BCUT2D eigenvalue weighted by Gasteiger charge is -2.26. The molecule has 5 rings (SSSR count). The normalized spacial score (nSPS) is 14.9. The first-order valence-corrected chi connectivity index (χ1v) is 14.1. The van der Waals surface area contributed by atoms with Crippen molar-refractivity contribution in [1.29, 1.82) is 0 Å². The average Bonchev–Trinajstić information content (AvgIpc) is 3.15. The Morgan fingerprint density at radius 3 is 2.57 bits per heavy atom. The first-order chi connectivity index (χ1) is 17.9. The third-order valence-electron chi connectivity index (χ3n) is 6.91. The fourth-order valence-corrected chi connectivity index (χ4v) is 6.18. The number of benzene rings is 3. The van der Waals surface area contributed by atoms with Gasteiger partial charge in [0.2, 0.25) is 0 Å². The summed E-state index contributed by atoms with van der Waals surface area (Å²) in [4.78, 5) is 9.30.